The first-order valence-electron chi connectivity index (χ1n) is 6.58. The molecule has 0 aromatic heterocycles. The van der Waals surface area contributed by atoms with Gasteiger partial charge in [0.15, 0.2) is 0 Å². The quantitative estimate of drug-likeness (QED) is 0.875. The van der Waals surface area contributed by atoms with Crippen LogP contribution in [0, 0.1) is 5.92 Å². The third kappa shape index (κ3) is 4.89. The highest BCUT2D eigenvalue weighted by atomic mass is 35.5. The Hall–Kier alpha value is -1.27. The molecule has 1 aromatic carbocycles. The van der Waals surface area contributed by atoms with Crippen LogP contribution in [0.5, 0.6) is 0 Å². The lowest BCUT2D eigenvalue weighted by Crippen LogP contribution is -2.40. The van der Waals surface area contributed by atoms with Crippen LogP contribution in [-0.4, -0.2) is 18.5 Å². The van der Waals surface area contributed by atoms with Crippen LogP contribution in [0.25, 0.3) is 0 Å². The summed E-state index contributed by atoms with van der Waals surface area (Å²) in [6, 6.07) is 4.97. The predicted octanol–water partition coefficient (Wildman–Crippen LogP) is 3.45. The Kier molecular flexibility index (Phi) is 6.04. The summed E-state index contributed by atoms with van der Waals surface area (Å²) in [4.78, 5) is 12.1. The van der Waals surface area contributed by atoms with Gasteiger partial charge in [0.25, 0.3) is 0 Å². The van der Waals surface area contributed by atoms with Gasteiger partial charge in [0.1, 0.15) is 0 Å². The van der Waals surface area contributed by atoms with Crippen molar-refractivity contribution in [3.63, 3.8) is 0 Å². The highest BCUT2D eigenvalue weighted by Crippen LogP contribution is 2.31. The molecule has 1 aliphatic heterocycles. The molecule has 1 heterocycles. The maximum atomic E-state index is 12.6. The normalized spacial score (nSPS) is 22.3. The Morgan fingerprint density at radius 1 is 1.38 bits per heavy atom. The molecule has 3 nitrogen and oxygen atoms in total. The Morgan fingerprint density at radius 2 is 2.10 bits per heavy atom. The van der Waals surface area contributed by atoms with Crippen LogP contribution in [0.15, 0.2) is 24.3 Å². The molecule has 1 aromatic rings. The Bertz CT molecular complexity index is 493. The number of benzene rings is 1. The number of carbonyl (C=O) groups excluding carboxylic acids is 1. The number of alkyl halides is 3. The van der Waals surface area contributed by atoms with Crippen molar-refractivity contribution in [3.05, 3.63) is 29.8 Å². The molecule has 0 bridgehead atoms. The van der Waals surface area contributed by atoms with Gasteiger partial charge in [-0.15, -0.1) is 12.4 Å². The zero-order chi connectivity index (χ0) is 14.8. The van der Waals surface area contributed by atoms with Crippen molar-refractivity contribution in [2.24, 2.45) is 5.92 Å². The first-order valence-corrected chi connectivity index (χ1v) is 6.58. The fourth-order valence-electron chi connectivity index (χ4n) is 2.39. The maximum Gasteiger partial charge on any atom is 0.416 e. The van der Waals surface area contributed by atoms with Crippen molar-refractivity contribution in [2.75, 3.05) is 11.9 Å². The van der Waals surface area contributed by atoms with E-state index in [-0.39, 0.29) is 36.0 Å². The molecule has 0 unspecified atom stereocenters. The number of anilines is 1. The monoisotopic (exact) mass is 322 g/mol. The van der Waals surface area contributed by atoms with E-state index in [1.807, 2.05) is 6.92 Å². The Labute approximate surface area is 127 Å². The van der Waals surface area contributed by atoms with Crippen LogP contribution in [0.1, 0.15) is 25.3 Å². The molecule has 2 N–H and O–H groups in total. The van der Waals surface area contributed by atoms with E-state index < -0.39 is 11.7 Å². The van der Waals surface area contributed by atoms with Crippen molar-refractivity contribution in [2.45, 2.75) is 32.0 Å². The lowest BCUT2D eigenvalue weighted by molar-refractivity contribution is -0.137. The van der Waals surface area contributed by atoms with Crippen molar-refractivity contribution >= 4 is 24.0 Å². The largest absolute Gasteiger partial charge is 0.416 e. The molecule has 1 amide bonds. The Balaban J connectivity index is 0.00000220. The molecule has 21 heavy (non-hydrogen) atoms. The van der Waals surface area contributed by atoms with Crippen molar-refractivity contribution in [1.29, 1.82) is 0 Å². The summed E-state index contributed by atoms with van der Waals surface area (Å²) in [5, 5.41) is 5.81. The predicted molar refractivity (Wildman–Crippen MR) is 77.5 cm³/mol. The lowest BCUT2D eigenvalue weighted by Gasteiger charge is -2.27. The van der Waals surface area contributed by atoms with E-state index in [0.717, 1.165) is 18.7 Å². The zero-order valence-electron chi connectivity index (χ0n) is 11.5. The minimum Gasteiger partial charge on any atom is -0.326 e. The molecule has 118 valence electrons. The molecule has 1 fully saturated rings. The number of carbonyl (C=O) groups is 1. The third-order valence-electron chi connectivity index (χ3n) is 3.45. The summed E-state index contributed by atoms with van der Waals surface area (Å²) >= 11 is 0. The smallest absolute Gasteiger partial charge is 0.326 e. The Morgan fingerprint density at radius 3 is 2.71 bits per heavy atom. The summed E-state index contributed by atoms with van der Waals surface area (Å²) in [6.07, 6.45) is -3.00. The fraction of sp³-hybridized carbons (Fsp3) is 0.500. The van der Waals surface area contributed by atoms with Crippen LogP contribution in [-0.2, 0) is 11.0 Å². The van der Waals surface area contributed by atoms with E-state index in [1.165, 1.54) is 12.1 Å². The highest BCUT2D eigenvalue weighted by Gasteiger charge is 2.31. The van der Waals surface area contributed by atoms with Crippen molar-refractivity contribution < 1.29 is 18.0 Å². The second-order valence-corrected chi connectivity index (χ2v) is 5.14. The zero-order valence-corrected chi connectivity index (χ0v) is 12.4. The van der Waals surface area contributed by atoms with Crippen molar-refractivity contribution in [1.82, 2.24) is 5.32 Å². The lowest BCUT2D eigenvalue weighted by atomic mass is 9.92. The molecule has 0 saturated carbocycles. The number of halogens is 4. The SMILES string of the molecule is C[C@H]1C[C@@H](C(=O)Nc2cccc(C(F)(F)F)c2)CCN1.Cl. The van der Waals surface area contributed by atoms with Gasteiger partial charge in [-0.1, -0.05) is 6.07 Å². The van der Waals surface area contributed by atoms with Gasteiger partial charge >= 0.3 is 6.18 Å². The van der Waals surface area contributed by atoms with Gasteiger partial charge < -0.3 is 10.6 Å². The van der Waals surface area contributed by atoms with Gasteiger partial charge in [0.2, 0.25) is 5.91 Å². The first-order chi connectivity index (χ1) is 9.36. The van der Waals surface area contributed by atoms with Crippen LogP contribution in [0.4, 0.5) is 18.9 Å². The van der Waals surface area contributed by atoms with E-state index in [2.05, 4.69) is 10.6 Å². The van der Waals surface area contributed by atoms with E-state index >= 15 is 0 Å². The molecule has 7 heteroatoms. The number of piperidine rings is 1. The molecule has 0 aliphatic carbocycles. The number of nitrogens with one attached hydrogen (secondary N) is 2. The molecular formula is C14H18ClF3N2O. The van der Waals surface area contributed by atoms with Gasteiger partial charge in [0, 0.05) is 17.6 Å². The standard InChI is InChI=1S/C14H17F3N2O.ClH/c1-9-7-10(5-6-18-9)13(20)19-12-4-2-3-11(8-12)14(15,16)17;/h2-4,8-10,18H,5-7H2,1H3,(H,19,20);1H/t9-,10-;/m0./s1. The fourth-order valence-corrected chi connectivity index (χ4v) is 2.39. The topological polar surface area (TPSA) is 41.1 Å². The van der Waals surface area contributed by atoms with Gasteiger partial charge in [-0.05, 0) is 44.5 Å². The van der Waals surface area contributed by atoms with Gasteiger partial charge in [0.05, 0.1) is 5.56 Å². The number of hydrogen-bond acceptors (Lipinski definition) is 2. The van der Waals surface area contributed by atoms with Crippen molar-refractivity contribution in [3.8, 4) is 0 Å². The van der Waals surface area contributed by atoms with E-state index in [9.17, 15) is 18.0 Å². The molecule has 2 atom stereocenters. The third-order valence-corrected chi connectivity index (χ3v) is 3.45. The number of amides is 1. The van der Waals surface area contributed by atoms with Gasteiger partial charge in [-0.25, -0.2) is 0 Å². The van der Waals surface area contributed by atoms with Crippen LogP contribution in [0.3, 0.4) is 0 Å². The second-order valence-electron chi connectivity index (χ2n) is 5.14. The van der Waals surface area contributed by atoms with E-state index in [1.54, 1.807) is 0 Å². The summed E-state index contributed by atoms with van der Waals surface area (Å²) in [7, 11) is 0. The summed E-state index contributed by atoms with van der Waals surface area (Å²) < 4.78 is 37.8. The molecule has 1 aliphatic rings. The minimum absolute atomic E-state index is 0. The summed E-state index contributed by atoms with van der Waals surface area (Å²) in [6.45, 7) is 2.74. The highest BCUT2D eigenvalue weighted by molar-refractivity contribution is 5.92. The first kappa shape index (κ1) is 17.8. The maximum absolute atomic E-state index is 12.6. The van der Waals surface area contributed by atoms with E-state index in [0.29, 0.717) is 12.8 Å². The van der Waals surface area contributed by atoms with Gasteiger partial charge in [-0.2, -0.15) is 13.2 Å². The molecule has 2 rings (SSSR count). The average Bonchev–Trinajstić information content (AvgIpc) is 2.38. The molecule has 0 spiro atoms. The van der Waals surface area contributed by atoms with Crippen LogP contribution < -0.4 is 10.6 Å². The average molecular weight is 323 g/mol. The minimum atomic E-state index is -4.40. The molecule has 0 radical (unpaired) electrons. The summed E-state index contributed by atoms with van der Waals surface area (Å²) in [5.41, 5.74) is -0.565. The summed E-state index contributed by atoms with van der Waals surface area (Å²) in [5.74, 6) is -0.363. The number of hydrogen-bond donors (Lipinski definition) is 2. The van der Waals surface area contributed by atoms with E-state index in [4.69, 9.17) is 0 Å². The molecular weight excluding hydrogens is 305 g/mol. The van der Waals surface area contributed by atoms with Gasteiger partial charge in [-0.3, -0.25) is 4.79 Å². The van der Waals surface area contributed by atoms with Crippen LogP contribution >= 0.6 is 12.4 Å². The number of rotatable bonds is 2. The molecule has 1 saturated heterocycles. The second kappa shape index (κ2) is 7.13. The van der Waals surface area contributed by atoms with Crippen LogP contribution in [0.2, 0.25) is 0 Å².